The topological polar surface area (TPSA) is 147 Å². The Bertz CT molecular complexity index is 628. The van der Waals surface area contributed by atoms with Gasteiger partial charge in [-0.25, -0.2) is 4.79 Å². The number of aliphatic hydroxyl groups is 1. The van der Waals surface area contributed by atoms with Gasteiger partial charge in [-0.1, -0.05) is 0 Å². The average molecular weight is 352 g/mol. The molecule has 9 nitrogen and oxygen atoms in total. The van der Waals surface area contributed by atoms with Crippen molar-refractivity contribution in [3.05, 3.63) is 10.6 Å². The molecule has 1 amide bonds. The summed E-state index contributed by atoms with van der Waals surface area (Å²) in [5.74, 6) is -1.98. The second-order valence-corrected chi connectivity index (χ2v) is 7.17. The van der Waals surface area contributed by atoms with Crippen molar-refractivity contribution in [2.75, 3.05) is 12.3 Å². The molecule has 0 spiro atoms. The Balaban J connectivity index is 2.28. The Labute approximate surface area is 131 Å². The van der Waals surface area contributed by atoms with E-state index in [1.54, 1.807) is 0 Å². The van der Waals surface area contributed by atoms with Crippen molar-refractivity contribution in [3.63, 3.8) is 0 Å². The van der Waals surface area contributed by atoms with Crippen LogP contribution in [0.5, 0.6) is 0 Å². The molecule has 2 aliphatic rings. The molecule has 0 saturated carbocycles. The van der Waals surface area contributed by atoms with Crippen LogP contribution in [0.4, 0.5) is 0 Å². The van der Waals surface area contributed by atoms with Crippen LogP contribution in [0.3, 0.4) is 0 Å². The summed E-state index contributed by atoms with van der Waals surface area (Å²) < 4.78 is 34.0. The maximum absolute atomic E-state index is 12.1. The molecule has 1 fully saturated rings. The van der Waals surface area contributed by atoms with Crippen LogP contribution in [-0.4, -0.2) is 59.3 Å². The average Bonchev–Trinajstić information content (AvgIpc) is 2.68. The third-order valence-electron chi connectivity index (χ3n) is 3.46. The summed E-state index contributed by atoms with van der Waals surface area (Å²) in [6.45, 7) is 1.80. The maximum atomic E-state index is 12.1. The molecule has 0 aromatic rings. The monoisotopic (exact) mass is 352 g/mol. The first kappa shape index (κ1) is 17.2. The number of amides is 1. The second-order valence-electron chi connectivity index (χ2n) is 4.95. The van der Waals surface area contributed by atoms with E-state index in [0.717, 1.165) is 4.90 Å². The maximum Gasteiger partial charge on any atom is 0.449 e. The van der Waals surface area contributed by atoms with Crippen LogP contribution < -0.4 is 5.73 Å². The van der Waals surface area contributed by atoms with Gasteiger partial charge < -0.3 is 19.9 Å². The highest BCUT2D eigenvalue weighted by Gasteiger charge is 2.57. The van der Waals surface area contributed by atoms with Crippen LogP contribution in [-0.2, 0) is 24.2 Å². The standard InChI is InChI=1S/C11H16N2O7S2/c1-5(14)8-6-4-7(21-3-2-12)9(13(6)10(8)15)11(16)20-22(17,18)19/h5-6,8,14H,2-4,12H2,1H3,(H,17,18,19)/t5-,6-,8-/m1/s1. The van der Waals surface area contributed by atoms with Gasteiger partial charge in [0.1, 0.15) is 5.70 Å². The number of rotatable bonds is 6. The minimum Gasteiger partial charge on any atom is -0.393 e. The van der Waals surface area contributed by atoms with Crippen molar-refractivity contribution < 1.29 is 31.8 Å². The normalized spacial score (nSPS) is 25.8. The second kappa shape index (κ2) is 6.16. The molecule has 0 aromatic carbocycles. The van der Waals surface area contributed by atoms with Gasteiger partial charge in [0.05, 0.1) is 18.1 Å². The minimum absolute atomic E-state index is 0.206. The fraction of sp³-hybridized carbons (Fsp3) is 0.636. The molecule has 0 aliphatic carbocycles. The van der Waals surface area contributed by atoms with Gasteiger partial charge in [0.2, 0.25) is 5.91 Å². The quantitative estimate of drug-likeness (QED) is 0.398. The molecule has 0 aromatic heterocycles. The van der Waals surface area contributed by atoms with E-state index < -0.39 is 40.3 Å². The van der Waals surface area contributed by atoms with E-state index >= 15 is 0 Å². The molecular weight excluding hydrogens is 336 g/mol. The van der Waals surface area contributed by atoms with Gasteiger partial charge in [0.25, 0.3) is 0 Å². The number of thioether (sulfide) groups is 1. The number of carbonyl (C=O) groups excluding carboxylic acids is 2. The summed E-state index contributed by atoms with van der Waals surface area (Å²) in [7, 11) is -4.97. The number of aliphatic hydroxyl groups excluding tert-OH is 1. The van der Waals surface area contributed by atoms with Gasteiger partial charge in [0.15, 0.2) is 0 Å². The highest BCUT2D eigenvalue weighted by Crippen LogP contribution is 2.47. The Morgan fingerprint density at radius 3 is 2.73 bits per heavy atom. The number of carbonyl (C=O) groups is 2. The molecule has 2 heterocycles. The van der Waals surface area contributed by atoms with E-state index in [-0.39, 0.29) is 5.70 Å². The lowest BCUT2D eigenvalue weighted by molar-refractivity contribution is -0.160. The molecule has 0 radical (unpaired) electrons. The molecule has 22 heavy (non-hydrogen) atoms. The molecule has 0 bridgehead atoms. The summed E-state index contributed by atoms with van der Waals surface area (Å²) in [5.41, 5.74) is 5.20. The molecule has 0 unspecified atom stereocenters. The molecule has 2 rings (SSSR count). The first-order valence-electron chi connectivity index (χ1n) is 6.45. The Morgan fingerprint density at radius 1 is 1.59 bits per heavy atom. The minimum atomic E-state index is -4.97. The predicted molar refractivity (Wildman–Crippen MR) is 76.6 cm³/mol. The van der Waals surface area contributed by atoms with E-state index in [4.69, 9.17) is 10.3 Å². The largest absolute Gasteiger partial charge is 0.449 e. The van der Waals surface area contributed by atoms with Crippen molar-refractivity contribution in [2.45, 2.75) is 25.5 Å². The first-order chi connectivity index (χ1) is 10.2. The van der Waals surface area contributed by atoms with E-state index in [9.17, 15) is 23.1 Å². The number of fused-ring (bicyclic) bond motifs is 1. The van der Waals surface area contributed by atoms with Gasteiger partial charge in [-0.05, 0) is 6.92 Å². The third kappa shape index (κ3) is 3.13. The predicted octanol–water partition coefficient (Wildman–Crippen LogP) is -1.15. The van der Waals surface area contributed by atoms with Gasteiger partial charge >= 0.3 is 16.4 Å². The molecule has 11 heteroatoms. The zero-order valence-electron chi connectivity index (χ0n) is 11.6. The Hall–Kier alpha value is -1.14. The Morgan fingerprint density at radius 2 is 2.23 bits per heavy atom. The lowest BCUT2D eigenvalue weighted by Crippen LogP contribution is -2.61. The summed E-state index contributed by atoms with van der Waals surface area (Å²) >= 11 is 1.21. The third-order valence-corrected chi connectivity index (χ3v) is 4.97. The van der Waals surface area contributed by atoms with E-state index in [2.05, 4.69) is 4.18 Å². The van der Waals surface area contributed by atoms with Crippen molar-refractivity contribution in [1.82, 2.24) is 4.90 Å². The van der Waals surface area contributed by atoms with Gasteiger partial charge in [-0.2, -0.15) is 8.42 Å². The summed E-state index contributed by atoms with van der Waals surface area (Å²) in [4.78, 5) is 25.6. The van der Waals surface area contributed by atoms with E-state index in [1.165, 1.54) is 18.7 Å². The van der Waals surface area contributed by atoms with Gasteiger partial charge in [0, 0.05) is 23.6 Å². The van der Waals surface area contributed by atoms with E-state index in [0.29, 0.717) is 23.6 Å². The van der Waals surface area contributed by atoms with E-state index in [1.807, 2.05) is 0 Å². The van der Waals surface area contributed by atoms with Crippen molar-refractivity contribution in [1.29, 1.82) is 0 Å². The summed E-state index contributed by atoms with van der Waals surface area (Å²) in [6.07, 6.45) is -0.575. The Kier molecular flexibility index (Phi) is 4.82. The fourth-order valence-electron chi connectivity index (χ4n) is 2.67. The van der Waals surface area contributed by atoms with Crippen LogP contribution in [0, 0.1) is 5.92 Å². The number of hydrogen-bond donors (Lipinski definition) is 3. The smallest absolute Gasteiger partial charge is 0.393 e. The highest BCUT2D eigenvalue weighted by molar-refractivity contribution is 8.03. The molecule has 3 atom stereocenters. The van der Waals surface area contributed by atoms with Crippen LogP contribution >= 0.6 is 11.8 Å². The van der Waals surface area contributed by atoms with Crippen molar-refractivity contribution in [2.24, 2.45) is 11.7 Å². The zero-order valence-corrected chi connectivity index (χ0v) is 13.3. The molecular formula is C11H16N2O7S2. The van der Waals surface area contributed by atoms with Gasteiger partial charge in [-0.3, -0.25) is 9.35 Å². The molecule has 1 saturated heterocycles. The van der Waals surface area contributed by atoms with Crippen LogP contribution in [0.2, 0.25) is 0 Å². The SMILES string of the molecule is C[C@@H](O)[C@H]1C(=O)N2C(C(=O)OS(=O)(=O)O)=C(SCCN)C[C@H]12. The molecule has 4 N–H and O–H groups in total. The van der Waals surface area contributed by atoms with Crippen LogP contribution in [0.15, 0.2) is 10.6 Å². The number of β-lactam (4-membered cyclic amide) rings is 1. The summed E-state index contributed by atoms with van der Waals surface area (Å²) in [5, 5.41) is 9.62. The first-order valence-corrected chi connectivity index (χ1v) is 8.80. The van der Waals surface area contributed by atoms with Gasteiger partial charge in [-0.15, -0.1) is 11.8 Å². The number of nitrogens with two attached hydrogens (primary N) is 1. The number of nitrogens with zero attached hydrogens (tertiary/aromatic N) is 1. The zero-order chi connectivity index (χ0) is 16.7. The highest BCUT2D eigenvalue weighted by atomic mass is 32.3. The lowest BCUT2D eigenvalue weighted by atomic mass is 9.83. The fourth-order valence-corrected chi connectivity index (χ4v) is 3.91. The lowest BCUT2D eigenvalue weighted by Gasteiger charge is -2.44. The molecule has 2 aliphatic heterocycles. The van der Waals surface area contributed by atoms with Crippen molar-refractivity contribution >= 4 is 34.0 Å². The van der Waals surface area contributed by atoms with Crippen LogP contribution in [0.25, 0.3) is 0 Å². The van der Waals surface area contributed by atoms with Crippen molar-refractivity contribution in [3.8, 4) is 0 Å². The molecule has 124 valence electrons. The summed E-state index contributed by atoms with van der Waals surface area (Å²) in [6, 6.07) is -0.420. The number of hydrogen-bond acceptors (Lipinski definition) is 8. The van der Waals surface area contributed by atoms with Crippen LogP contribution in [0.1, 0.15) is 13.3 Å².